The quantitative estimate of drug-likeness (QED) is 0.868. The van der Waals surface area contributed by atoms with E-state index in [1.165, 1.54) is 6.20 Å². The van der Waals surface area contributed by atoms with Crippen molar-refractivity contribution in [2.24, 2.45) is 0 Å². The summed E-state index contributed by atoms with van der Waals surface area (Å²) in [5, 5.41) is 0.481. The van der Waals surface area contributed by atoms with E-state index in [0.29, 0.717) is 21.1 Å². The average molecular weight is 298 g/mol. The Bertz CT molecular complexity index is 348. The van der Waals surface area contributed by atoms with E-state index < -0.39 is 11.0 Å². The molecule has 0 aliphatic carbocycles. The first-order chi connectivity index (χ1) is 6.65. The van der Waals surface area contributed by atoms with E-state index in [9.17, 15) is 4.21 Å². The number of nitrogens with zero attached hydrogens (tertiary/aromatic N) is 1. The van der Waals surface area contributed by atoms with E-state index in [-0.39, 0.29) is 0 Å². The van der Waals surface area contributed by atoms with Crippen molar-refractivity contribution >= 4 is 38.5 Å². The van der Waals surface area contributed by atoms with Gasteiger partial charge in [-0.3, -0.25) is 0 Å². The van der Waals surface area contributed by atoms with Crippen LogP contribution in [0.1, 0.15) is 13.3 Å². The number of hydrogen-bond donors (Lipinski definition) is 1. The molecule has 0 radical (unpaired) electrons. The molecule has 78 valence electrons. The van der Waals surface area contributed by atoms with Gasteiger partial charge in [-0.25, -0.2) is 13.9 Å². The fraction of sp³-hybridized carbons (Fsp3) is 0.375. The van der Waals surface area contributed by atoms with Crippen molar-refractivity contribution in [2.75, 3.05) is 6.54 Å². The first-order valence-electron chi connectivity index (χ1n) is 4.11. The largest absolute Gasteiger partial charge is 0.246 e. The maximum Gasteiger partial charge on any atom is 0.127 e. The molecule has 0 amide bonds. The molecule has 0 saturated carbocycles. The number of aromatic nitrogens is 1. The van der Waals surface area contributed by atoms with E-state index in [1.807, 2.05) is 6.92 Å². The normalized spacial score (nSPS) is 12.8. The van der Waals surface area contributed by atoms with Crippen LogP contribution in [0.4, 0.5) is 0 Å². The van der Waals surface area contributed by atoms with E-state index in [1.54, 1.807) is 6.07 Å². The molecular weight excluding hydrogens is 288 g/mol. The van der Waals surface area contributed by atoms with Gasteiger partial charge in [0, 0.05) is 12.7 Å². The van der Waals surface area contributed by atoms with Crippen LogP contribution in [-0.2, 0) is 11.0 Å². The average Bonchev–Trinajstić information content (AvgIpc) is 2.18. The lowest BCUT2D eigenvalue weighted by Gasteiger charge is -2.04. The Balaban J connectivity index is 2.83. The van der Waals surface area contributed by atoms with Gasteiger partial charge in [0.25, 0.3) is 0 Å². The highest BCUT2D eigenvalue weighted by Gasteiger charge is 2.09. The number of nitrogens with one attached hydrogen (secondary N) is 1. The first-order valence-corrected chi connectivity index (χ1v) is 6.43. The van der Waals surface area contributed by atoms with Gasteiger partial charge in [-0.15, -0.1) is 0 Å². The Morgan fingerprint density at radius 2 is 2.43 bits per heavy atom. The third-order valence-corrected chi connectivity index (χ3v) is 3.73. The molecule has 14 heavy (non-hydrogen) atoms. The Morgan fingerprint density at radius 3 is 3.07 bits per heavy atom. The molecule has 3 nitrogen and oxygen atoms in total. The van der Waals surface area contributed by atoms with Gasteiger partial charge < -0.3 is 0 Å². The Labute approximate surface area is 99.0 Å². The van der Waals surface area contributed by atoms with Gasteiger partial charge in [-0.05, 0) is 28.4 Å². The molecule has 6 heteroatoms. The molecular formula is C8H10BrClN2OS. The zero-order chi connectivity index (χ0) is 10.6. The molecule has 0 aliphatic rings. The second-order valence-corrected chi connectivity index (χ2v) is 5.06. The summed E-state index contributed by atoms with van der Waals surface area (Å²) in [6, 6.07) is 1.64. The lowest BCUT2D eigenvalue weighted by molar-refractivity contribution is 0.669. The Kier molecular flexibility index (Phi) is 5.01. The van der Waals surface area contributed by atoms with Crippen molar-refractivity contribution in [1.29, 1.82) is 0 Å². The van der Waals surface area contributed by atoms with Crippen LogP contribution < -0.4 is 4.72 Å². The highest BCUT2D eigenvalue weighted by molar-refractivity contribution is 9.10. The van der Waals surface area contributed by atoms with Crippen LogP contribution in [0, 0.1) is 0 Å². The summed E-state index contributed by atoms with van der Waals surface area (Å²) in [7, 11) is -1.25. The third kappa shape index (κ3) is 3.31. The predicted molar refractivity (Wildman–Crippen MR) is 61.6 cm³/mol. The third-order valence-electron chi connectivity index (χ3n) is 1.46. The highest BCUT2D eigenvalue weighted by Crippen LogP contribution is 2.20. The van der Waals surface area contributed by atoms with Gasteiger partial charge in [0.2, 0.25) is 0 Å². The molecule has 1 N–H and O–H groups in total. The second-order valence-electron chi connectivity index (χ2n) is 2.61. The van der Waals surface area contributed by atoms with Crippen molar-refractivity contribution in [2.45, 2.75) is 18.2 Å². The van der Waals surface area contributed by atoms with Crippen molar-refractivity contribution in [3.05, 3.63) is 21.9 Å². The summed E-state index contributed by atoms with van der Waals surface area (Å²) in [5.41, 5.74) is 0. The Hall–Kier alpha value is 0.0300. The summed E-state index contributed by atoms with van der Waals surface area (Å²) in [6.07, 6.45) is 2.43. The van der Waals surface area contributed by atoms with Crippen LogP contribution in [0.15, 0.2) is 21.8 Å². The molecule has 0 bridgehead atoms. The summed E-state index contributed by atoms with van der Waals surface area (Å²) in [4.78, 5) is 4.53. The van der Waals surface area contributed by atoms with Crippen LogP contribution in [0.3, 0.4) is 0 Å². The van der Waals surface area contributed by atoms with Crippen LogP contribution in [-0.4, -0.2) is 15.7 Å². The highest BCUT2D eigenvalue weighted by atomic mass is 79.9. The lowest BCUT2D eigenvalue weighted by Crippen LogP contribution is -2.18. The predicted octanol–water partition coefficient (Wildman–Crippen LogP) is 2.52. The van der Waals surface area contributed by atoms with Gasteiger partial charge in [-0.2, -0.15) is 0 Å². The van der Waals surface area contributed by atoms with Gasteiger partial charge in [-0.1, -0.05) is 18.5 Å². The van der Waals surface area contributed by atoms with E-state index in [2.05, 4.69) is 25.6 Å². The maximum absolute atomic E-state index is 11.6. The molecule has 1 unspecified atom stereocenters. The minimum Gasteiger partial charge on any atom is -0.246 e. The standard InChI is InChI=1S/C8H10BrClN2OS/c1-2-3-12-14(13)7-4-6(10)5-11-8(7)9/h4-5,12H,2-3H2,1H3. The van der Waals surface area contributed by atoms with Crippen molar-refractivity contribution in [1.82, 2.24) is 9.71 Å². The van der Waals surface area contributed by atoms with Crippen molar-refractivity contribution in [3.63, 3.8) is 0 Å². The van der Waals surface area contributed by atoms with Crippen LogP contribution in [0.25, 0.3) is 0 Å². The minimum atomic E-state index is -1.25. The molecule has 0 aliphatic heterocycles. The summed E-state index contributed by atoms with van der Waals surface area (Å²) >= 11 is 8.97. The zero-order valence-corrected chi connectivity index (χ0v) is 10.7. The molecule has 0 saturated heterocycles. The molecule has 0 fully saturated rings. The topological polar surface area (TPSA) is 42.0 Å². The maximum atomic E-state index is 11.6. The second kappa shape index (κ2) is 5.80. The fourth-order valence-electron chi connectivity index (χ4n) is 0.807. The SMILES string of the molecule is CCCNS(=O)c1cc(Cl)cnc1Br. The zero-order valence-electron chi connectivity index (χ0n) is 7.59. The molecule has 1 heterocycles. The number of hydrogen-bond acceptors (Lipinski definition) is 2. The molecule has 1 aromatic heterocycles. The van der Waals surface area contributed by atoms with Crippen molar-refractivity contribution < 1.29 is 4.21 Å². The lowest BCUT2D eigenvalue weighted by atomic mass is 10.5. The van der Waals surface area contributed by atoms with E-state index >= 15 is 0 Å². The monoisotopic (exact) mass is 296 g/mol. The molecule has 1 atom stereocenters. The first kappa shape index (κ1) is 12.1. The van der Waals surface area contributed by atoms with Gasteiger partial charge >= 0.3 is 0 Å². The fourth-order valence-corrected chi connectivity index (χ4v) is 2.67. The van der Waals surface area contributed by atoms with Crippen LogP contribution >= 0.6 is 27.5 Å². The van der Waals surface area contributed by atoms with Gasteiger partial charge in [0.15, 0.2) is 0 Å². The van der Waals surface area contributed by atoms with Gasteiger partial charge in [0.05, 0.1) is 9.92 Å². The number of rotatable bonds is 4. The number of pyridine rings is 1. The van der Waals surface area contributed by atoms with Crippen molar-refractivity contribution in [3.8, 4) is 0 Å². The van der Waals surface area contributed by atoms with Gasteiger partial charge in [0.1, 0.15) is 15.6 Å². The molecule has 0 aromatic carbocycles. The summed E-state index contributed by atoms with van der Waals surface area (Å²) < 4.78 is 15.1. The summed E-state index contributed by atoms with van der Waals surface area (Å²) in [5.74, 6) is 0. The van der Waals surface area contributed by atoms with Crippen LogP contribution in [0.5, 0.6) is 0 Å². The van der Waals surface area contributed by atoms with E-state index in [4.69, 9.17) is 11.6 Å². The number of halogens is 2. The minimum absolute atomic E-state index is 0.481. The Morgan fingerprint density at radius 1 is 1.71 bits per heavy atom. The van der Waals surface area contributed by atoms with E-state index in [0.717, 1.165) is 6.42 Å². The molecule has 1 rings (SSSR count). The van der Waals surface area contributed by atoms with Crippen LogP contribution in [0.2, 0.25) is 5.02 Å². The summed E-state index contributed by atoms with van der Waals surface area (Å²) in [6.45, 7) is 2.71. The molecule has 1 aromatic rings. The molecule has 0 spiro atoms. The smallest absolute Gasteiger partial charge is 0.127 e.